The summed E-state index contributed by atoms with van der Waals surface area (Å²) in [6, 6.07) is 0. The zero-order valence-electron chi connectivity index (χ0n) is 14.5. The normalized spacial score (nSPS) is 24.5. The number of anilines is 1. The molecule has 130 valence electrons. The molecule has 1 saturated carbocycles. The Morgan fingerprint density at radius 3 is 2.70 bits per heavy atom. The van der Waals surface area contributed by atoms with Crippen molar-refractivity contribution in [3.8, 4) is 0 Å². The Balaban J connectivity index is 1.87. The number of nitrogens with zero attached hydrogens (tertiary/aromatic N) is 3. The number of amides is 1. The fourth-order valence-corrected chi connectivity index (χ4v) is 2.72. The van der Waals surface area contributed by atoms with Crippen molar-refractivity contribution in [2.75, 3.05) is 25.5 Å². The highest BCUT2D eigenvalue weighted by atomic mass is 16.6. The number of carbonyl (C=O) groups excluding carboxylic acids is 1. The molecule has 0 radical (unpaired) electrons. The van der Waals surface area contributed by atoms with Gasteiger partial charge in [-0.3, -0.25) is 5.10 Å². The van der Waals surface area contributed by atoms with Gasteiger partial charge >= 0.3 is 6.09 Å². The molecule has 23 heavy (non-hydrogen) atoms. The lowest BCUT2D eigenvalue weighted by atomic mass is 10.0. The van der Waals surface area contributed by atoms with Gasteiger partial charge in [-0.05, 0) is 33.6 Å². The predicted octanol–water partition coefficient (Wildman–Crippen LogP) is 1.25. The standard InChI is InChI=1S/C15H27N5O3/c1-15(2,3)23-14(22)16-8-10-6-9(7-11(10)21)12-17-13(19-18-12)20(4)5/h9-11,21H,6-8H2,1-5H3,(H,16,22)(H,17,18,19)/t9-,10+,11+/m0/s1. The van der Waals surface area contributed by atoms with Crippen molar-refractivity contribution in [2.45, 2.75) is 51.2 Å². The molecule has 3 atom stereocenters. The van der Waals surface area contributed by atoms with E-state index in [9.17, 15) is 9.90 Å². The van der Waals surface area contributed by atoms with Crippen LogP contribution in [0.2, 0.25) is 0 Å². The fourth-order valence-electron chi connectivity index (χ4n) is 2.72. The van der Waals surface area contributed by atoms with Gasteiger partial charge in [-0.1, -0.05) is 0 Å². The zero-order valence-corrected chi connectivity index (χ0v) is 14.5. The second-order valence-corrected chi connectivity index (χ2v) is 7.29. The number of aromatic amines is 1. The molecule has 0 aromatic carbocycles. The average molecular weight is 325 g/mol. The van der Waals surface area contributed by atoms with E-state index in [1.165, 1.54) is 0 Å². The minimum absolute atomic E-state index is 0.0135. The highest BCUT2D eigenvalue weighted by Gasteiger charge is 2.36. The van der Waals surface area contributed by atoms with E-state index in [0.29, 0.717) is 18.9 Å². The number of nitrogens with one attached hydrogen (secondary N) is 2. The van der Waals surface area contributed by atoms with Crippen LogP contribution < -0.4 is 10.2 Å². The van der Waals surface area contributed by atoms with Gasteiger partial charge in [0.1, 0.15) is 11.4 Å². The van der Waals surface area contributed by atoms with Gasteiger partial charge in [0.15, 0.2) is 0 Å². The van der Waals surface area contributed by atoms with Gasteiger partial charge in [0.25, 0.3) is 0 Å². The van der Waals surface area contributed by atoms with E-state index in [1.807, 2.05) is 39.8 Å². The van der Waals surface area contributed by atoms with E-state index in [0.717, 1.165) is 12.2 Å². The number of aromatic nitrogens is 3. The van der Waals surface area contributed by atoms with Gasteiger partial charge in [-0.2, -0.15) is 4.98 Å². The molecule has 1 heterocycles. The highest BCUT2D eigenvalue weighted by Crippen LogP contribution is 2.37. The number of hydrogen-bond acceptors (Lipinski definition) is 6. The number of aliphatic hydroxyl groups excluding tert-OH is 1. The number of aliphatic hydroxyl groups is 1. The van der Waals surface area contributed by atoms with E-state index < -0.39 is 17.8 Å². The predicted molar refractivity (Wildman–Crippen MR) is 86.4 cm³/mol. The van der Waals surface area contributed by atoms with Crippen LogP contribution in [0, 0.1) is 5.92 Å². The third-order valence-corrected chi connectivity index (χ3v) is 3.84. The summed E-state index contributed by atoms with van der Waals surface area (Å²) in [6.45, 7) is 5.85. The number of carbonyl (C=O) groups is 1. The largest absolute Gasteiger partial charge is 0.444 e. The molecule has 0 spiro atoms. The first kappa shape index (κ1) is 17.5. The van der Waals surface area contributed by atoms with Crippen LogP contribution in [0.15, 0.2) is 0 Å². The molecule has 1 aromatic rings. The Morgan fingerprint density at radius 2 is 2.13 bits per heavy atom. The smallest absolute Gasteiger partial charge is 0.407 e. The number of H-pyrrole nitrogens is 1. The zero-order chi connectivity index (χ0) is 17.2. The minimum atomic E-state index is -0.524. The molecule has 8 heteroatoms. The molecule has 3 N–H and O–H groups in total. The Hall–Kier alpha value is -1.83. The maximum absolute atomic E-state index is 11.7. The third kappa shape index (κ3) is 4.82. The van der Waals surface area contributed by atoms with Crippen molar-refractivity contribution in [3.05, 3.63) is 5.82 Å². The monoisotopic (exact) mass is 325 g/mol. The molecule has 1 aliphatic carbocycles. The molecule has 1 fully saturated rings. The maximum atomic E-state index is 11.7. The van der Waals surface area contributed by atoms with Crippen LogP contribution in [-0.2, 0) is 4.74 Å². The number of hydrogen-bond donors (Lipinski definition) is 3. The van der Waals surface area contributed by atoms with Crippen LogP contribution >= 0.6 is 0 Å². The van der Waals surface area contributed by atoms with Crippen molar-refractivity contribution >= 4 is 12.0 Å². The molecule has 1 amide bonds. The molecule has 8 nitrogen and oxygen atoms in total. The molecular weight excluding hydrogens is 298 g/mol. The van der Waals surface area contributed by atoms with Gasteiger partial charge in [0.2, 0.25) is 5.95 Å². The quantitative estimate of drug-likeness (QED) is 0.770. The fraction of sp³-hybridized carbons (Fsp3) is 0.800. The van der Waals surface area contributed by atoms with Crippen molar-refractivity contribution in [1.82, 2.24) is 20.5 Å². The highest BCUT2D eigenvalue weighted by molar-refractivity contribution is 5.67. The summed E-state index contributed by atoms with van der Waals surface area (Å²) in [4.78, 5) is 18.0. The van der Waals surface area contributed by atoms with Crippen molar-refractivity contribution in [3.63, 3.8) is 0 Å². The van der Waals surface area contributed by atoms with Gasteiger partial charge in [0.05, 0.1) is 6.10 Å². The Labute approximate surface area is 136 Å². The van der Waals surface area contributed by atoms with E-state index in [1.54, 1.807) is 0 Å². The first-order valence-corrected chi connectivity index (χ1v) is 7.90. The Kier molecular flexibility index (Phi) is 5.13. The van der Waals surface area contributed by atoms with Crippen LogP contribution in [0.5, 0.6) is 0 Å². The number of rotatable bonds is 4. The van der Waals surface area contributed by atoms with Gasteiger partial charge in [-0.15, -0.1) is 5.10 Å². The van der Waals surface area contributed by atoms with E-state index in [4.69, 9.17) is 4.74 Å². The van der Waals surface area contributed by atoms with Crippen molar-refractivity contribution in [1.29, 1.82) is 0 Å². The maximum Gasteiger partial charge on any atom is 0.407 e. The summed E-state index contributed by atoms with van der Waals surface area (Å²) < 4.78 is 5.21. The first-order chi connectivity index (χ1) is 10.7. The molecular formula is C15H27N5O3. The lowest BCUT2D eigenvalue weighted by Gasteiger charge is -2.21. The lowest BCUT2D eigenvalue weighted by Crippen LogP contribution is -2.36. The average Bonchev–Trinajstić information content (AvgIpc) is 3.01. The minimum Gasteiger partial charge on any atom is -0.444 e. The summed E-state index contributed by atoms with van der Waals surface area (Å²) in [5.41, 5.74) is -0.524. The van der Waals surface area contributed by atoms with Gasteiger partial charge < -0.3 is 20.1 Å². The van der Waals surface area contributed by atoms with Crippen LogP contribution in [0.3, 0.4) is 0 Å². The Bertz CT molecular complexity index is 537. The van der Waals surface area contributed by atoms with Crippen molar-refractivity contribution in [2.24, 2.45) is 5.92 Å². The van der Waals surface area contributed by atoms with Crippen LogP contribution in [0.1, 0.15) is 45.4 Å². The first-order valence-electron chi connectivity index (χ1n) is 7.90. The molecule has 2 rings (SSSR count). The Morgan fingerprint density at radius 1 is 1.43 bits per heavy atom. The molecule has 1 aromatic heterocycles. The molecule has 0 aliphatic heterocycles. The molecule has 0 unspecified atom stereocenters. The summed E-state index contributed by atoms with van der Waals surface area (Å²) >= 11 is 0. The molecule has 1 aliphatic rings. The van der Waals surface area contributed by atoms with Gasteiger partial charge in [-0.25, -0.2) is 4.79 Å². The summed E-state index contributed by atoms with van der Waals surface area (Å²) in [5.74, 6) is 1.52. The van der Waals surface area contributed by atoms with Gasteiger partial charge in [0, 0.05) is 32.5 Å². The molecule has 0 bridgehead atoms. The van der Waals surface area contributed by atoms with E-state index in [2.05, 4.69) is 20.5 Å². The van der Waals surface area contributed by atoms with Crippen LogP contribution in [-0.4, -0.2) is 58.7 Å². The second-order valence-electron chi connectivity index (χ2n) is 7.29. The lowest BCUT2D eigenvalue weighted by molar-refractivity contribution is 0.0500. The number of ether oxygens (including phenoxy) is 1. The number of alkyl carbamates (subject to hydrolysis) is 1. The third-order valence-electron chi connectivity index (χ3n) is 3.84. The summed E-state index contributed by atoms with van der Waals surface area (Å²) in [7, 11) is 3.76. The summed E-state index contributed by atoms with van der Waals surface area (Å²) in [6.07, 6.45) is 0.437. The molecule has 0 saturated heterocycles. The second kappa shape index (κ2) is 6.74. The van der Waals surface area contributed by atoms with Crippen molar-refractivity contribution < 1.29 is 14.6 Å². The van der Waals surface area contributed by atoms with Crippen LogP contribution in [0.4, 0.5) is 10.7 Å². The van der Waals surface area contributed by atoms with Crippen LogP contribution in [0.25, 0.3) is 0 Å². The van der Waals surface area contributed by atoms with E-state index >= 15 is 0 Å². The summed E-state index contributed by atoms with van der Waals surface area (Å²) in [5, 5.41) is 20.0. The van der Waals surface area contributed by atoms with E-state index in [-0.39, 0.29) is 11.8 Å². The topological polar surface area (TPSA) is 103 Å². The SMILES string of the molecule is CN(C)c1n[nH]c([C@H]2C[C@H](CNC(=O)OC(C)(C)C)[C@H](O)C2)n1.